The van der Waals surface area contributed by atoms with Crippen LogP contribution < -0.4 is 20.3 Å². The molecule has 170 valence electrons. The van der Waals surface area contributed by atoms with Crippen molar-refractivity contribution in [1.82, 2.24) is 14.8 Å². The molecule has 2 heterocycles. The van der Waals surface area contributed by atoms with Gasteiger partial charge in [-0.15, -0.1) is 0 Å². The number of rotatable bonds is 7. The molecule has 0 bridgehead atoms. The van der Waals surface area contributed by atoms with Crippen LogP contribution in [-0.2, 0) is 14.4 Å². The van der Waals surface area contributed by atoms with E-state index in [1.807, 2.05) is 24.3 Å². The zero-order chi connectivity index (χ0) is 23.2. The van der Waals surface area contributed by atoms with E-state index in [0.29, 0.717) is 30.3 Å². The molecule has 33 heavy (non-hydrogen) atoms. The number of nitrogens with zero attached hydrogens (tertiary/aromatic N) is 4. The van der Waals surface area contributed by atoms with E-state index < -0.39 is 6.04 Å². The number of hydrogen-bond donors (Lipinski definition) is 2. The summed E-state index contributed by atoms with van der Waals surface area (Å²) in [6.07, 6.45) is 3.00. The average Bonchev–Trinajstić information content (AvgIpc) is 3.38. The lowest BCUT2D eigenvalue weighted by atomic mass is 10.2. The van der Waals surface area contributed by atoms with Crippen molar-refractivity contribution in [3.8, 4) is 5.75 Å². The minimum Gasteiger partial charge on any atom is -0.490 e. The highest BCUT2D eigenvalue weighted by Crippen LogP contribution is 2.31. The number of para-hydroxylation sites is 2. The minimum absolute atomic E-state index is 0.0618. The molecule has 1 aromatic heterocycles. The second-order valence-corrected chi connectivity index (χ2v) is 7.53. The van der Waals surface area contributed by atoms with Gasteiger partial charge in [-0.1, -0.05) is 12.1 Å². The van der Waals surface area contributed by atoms with E-state index >= 15 is 0 Å². The van der Waals surface area contributed by atoms with Crippen LogP contribution in [0.25, 0.3) is 0 Å². The molecule has 2 aromatic carbocycles. The number of hydrogen-bond acceptors (Lipinski definition) is 6. The van der Waals surface area contributed by atoms with E-state index in [4.69, 9.17) is 4.74 Å². The lowest BCUT2D eigenvalue weighted by Gasteiger charge is -2.29. The fourth-order valence-electron chi connectivity index (χ4n) is 3.43. The van der Waals surface area contributed by atoms with E-state index in [1.54, 1.807) is 36.1 Å². The molecule has 10 heteroatoms. The number of carbonyl (C=O) groups is 3. The van der Waals surface area contributed by atoms with E-state index in [9.17, 15) is 14.4 Å². The van der Waals surface area contributed by atoms with Crippen LogP contribution in [0.2, 0.25) is 0 Å². The first-order chi connectivity index (χ1) is 16.0. The maximum Gasteiger partial charge on any atom is 0.249 e. The number of benzene rings is 2. The summed E-state index contributed by atoms with van der Waals surface area (Å²) in [5.41, 5.74) is 1.89. The molecular formula is C23H24N6O4. The van der Waals surface area contributed by atoms with Crippen LogP contribution in [0.5, 0.6) is 5.75 Å². The molecule has 1 aliphatic heterocycles. The monoisotopic (exact) mass is 448 g/mol. The molecule has 3 amide bonds. The summed E-state index contributed by atoms with van der Waals surface area (Å²) in [4.78, 5) is 42.8. The summed E-state index contributed by atoms with van der Waals surface area (Å²) in [6, 6.07) is 13.6. The molecule has 4 rings (SSSR count). The Kier molecular flexibility index (Phi) is 6.63. The van der Waals surface area contributed by atoms with E-state index in [2.05, 4.69) is 20.7 Å². The molecule has 1 aliphatic rings. The van der Waals surface area contributed by atoms with Crippen LogP contribution in [0.15, 0.2) is 61.2 Å². The van der Waals surface area contributed by atoms with Crippen molar-refractivity contribution in [3.05, 3.63) is 61.2 Å². The van der Waals surface area contributed by atoms with Crippen LogP contribution in [0.4, 0.5) is 17.1 Å². The summed E-state index contributed by atoms with van der Waals surface area (Å²) in [5, 5.41) is 9.53. The van der Waals surface area contributed by atoms with Crippen LogP contribution in [0.3, 0.4) is 0 Å². The third-order valence-corrected chi connectivity index (χ3v) is 5.24. The van der Waals surface area contributed by atoms with Gasteiger partial charge in [0, 0.05) is 24.2 Å². The van der Waals surface area contributed by atoms with Gasteiger partial charge in [-0.3, -0.25) is 14.4 Å². The summed E-state index contributed by atoms with van der Waals surface area (Å²) in [7, 11) is 0. The highest BCUT2D eigenvalue weighted by Gasteiger charge is 2.23. The molecule has 0 fully saturated rings. The number of carbonyl (C=O) groups excluding carboxylic acids is 3. The zero-order valence-electron chi connectivity index (χ0n) is 18.1. The topological polar surface area (TPSA) is 118 Å². The van der Waals surface area contributed by atoms with Crippen LogP contribution in [-0.4, -0.2) is 45.6 Å². The second-order valence-electron chi connectivity index (χ2n) is 7.53. The molecule has 0 aliphatic carbocycles. The Morgan fingerprint density at radius 2 is 1.76 bits per heavy atom. The van der Waals surface area contributed by atoms with Gasteiger partial charge < -0.3 is 20.3 Å². The molecule has 1 atom stereocenters. The fourth-order valence-corrected chi connectivity index (χ4v) is 3.43. The van der Waals surface area contributed by atoms with Gasteiger partial charge in [-0.2, -0.15) is 5.10 Å². The summed E-state index contributed by atoms with van der Waals surface area (Å²) < 4.78 is 7.03. The average molecular weight is 448 g/mol. The molecule has 0 spiro atoms. The van der Waals surface area contributed by atoms with Crippen molar-refractivity contribution in [2.45, 2.75) is 25.8 Å². The van der Waals surface area contributed by atoms with Crippen LogP contribution in [0.1, 0.15) is 25.8 Å². The summed E-state index contributed by atoms with van der Waals surface area (Å²) >= 11 is 0. The van der Waals surface area contributed by atoms with Crippen LogP contribution >= 0.6 is 0 Å². The highest BCUT2D eigenvalue weighted by molar-refractivity contribution is 5.99. The van der Waals surface area contributed by atoms with E-state index in [-0.39, 0.29) is 30.6 Å². The van der Waals surface area contributed by atoms with Gasteiger partial charge in [0.25, 0.3) is 0 Å². The summed E-state index contributed by atoms with van der Waals surface area (Å²) in [5.74, 6) is 0.0480. The van der Waals surface area contributed by atoms with Crippen molar-refractivity contribution in [2.24, 2.45) is 0 Å². The third kappa shape index (κ3) is 5.35. The fraction of sp³-hybridized carbons (Fsp3) is 0.261. The standard InChI is InChI=1S/C23H24N6O4/c1-16(29-15-24-14-25-29)23(32)27-18-8-6-17(7-9-18)26-21(30)10-11-22(31)28-12-13-33-20-5-3-2-4-19(20)28/h2-9,14-16H,10-13H2,1H3,(H,26,30)(H,27,32). The van der Waals surface area contributed by atoms with Crippen molar-refractivity contribution < 1.29 is 19.1 Å². The lowest BCUT2D eigenvalue weighted by Crippen LogP contribution is -2.38. The molecule has 10 nitrogen and oxygen atoms in total. The first-order valence-electron chi connectivity index (χ1n) is 10.6. The van der Waals surface area contributed by atoms with Crippen molar-refractivity contribution >= 4 is 34.8 Å². The van der Waals surface area contributed by atoms with Gasteiger partial charge in [-0.25, -0.2) is 9.67 Å². The largest absolute Gasteiger partial charge is 0.490 e. The molecule has 2 N–H and O–H groups in total. The number of ether oxygens (including phenoxy) is 1. The van der Waals surface area contributed by atoms with Gasteiger partial charge in [0.1, 0.15) is 31.1 Å². The minimum atomic E-state index is -0.511. The van der Waals surface area contributed by atoms with Crippen molar-refractivity contribution in [3.63, 3.8) is 0 Å². The SMILES string of the molecule is CC(C(=O)Nc1ccc(NC(=O)CCC(=O)N2CCOc3ccccc32)cc1)n1cncn1. The molecule has 1 unspecified atom stereocenters. The van der Waals surface area contributed by atoms with Gasteiger partial charge in [0.2, 0.25) is 17.7 Å². The van der Waals surface area contributed by atoms with Gasteiger partial charge in [-0.05, 0) is 43.3 Å². The molecular weight excluding hydrogens is 424 g/mol. The Labute approximate surface area is 190 Å². The number of amides is 3. The lowest BCUT2D eigenvalue weighted by molar-refractivity contribution is -0.122. The van der Waals surface area contributed by atoms with Crippen molar-refractivity contribution in [1.29, 1.82) is 0 Å². The van der Waals surface area contributed by atoms with E-state index in [0.717, 1.165) is 5.69 Å². The molecule has 3 aromatic rings. The van der Waals surface area contributed by atoms with Gasteiger partial charge >= 0.3 is 0 Å². The number of nitrogens with one attached hydrogen (secondary N) is 2. The van der Waals surface area contributed by atoms with Crippen LogP contribution in [0, 0.1) is 0 Å². The Morgan fingerprint density at radius 3 is 2.48 bits per heavy atom. The highest BCUT2D eigenvalue weighted by atomic mass is 16.5. The zero-order valence-corrected chi connectivity index (χ0v) is 18.1. The molecule has 0 saturated heterocycles. The normalized spacial score (nSPS) is 13.4. The first-order valence-corrected chi connectivity index (χ1v) is 10.6. The summed E-state index contributed by atoms with van der Waals surface area (Å²) in [6.45, 7) is 2.60. The van der Waals surface area contributed by atoms with Gasteiger partial charge in [0.05, 0.1) is 12.2 Å². The Balaban J connectivity index is 1.26. The maximum absolute atomic E-state index is 12.6. The first kappa shape index (κ1) is 22.0. The Hall–Kier alpha value is -4.21. The third-order valence-electron chi connectivity index (χ3n) is 5.24. The predicted octanol–water partition coefficient (Wildman–Crippen LogP) is 2.62. The Morgan fingerprint density at radius 1 is 1.03 bits per heavy atom. The number of fused-ring (bicyclic) bond motifs is 1. The molecule has 0 radical (unpaired) electrons. The second kappa shape index (κ2) is 9.94. The maximum atomic E-state index is 12.6. The molecule has 0 saturated carbocycles. The number of anilines is 3. The van der Waals surface area contributed by atoms with E-state index in [1.165, 1.54) is 17.3 Å². The Bertz CT molecular complexity index is 1130. The quantitative estimate of drug-likeness (QED) is 0.574. The van der Waals surface area contributed by atoms with Gasteiger partial charge in [0.15, 0.2) is 0 Å². The smallest absolute Gasteiger partial charge is 0.249 e. The van der Waals surface area contributed by atoms with Crippen molar-refractivity contribution in [2.75, 3.05) is 28.7 Å². The number of aromatic nitrogens is 3. The predicted molar refractivity (Wildman–Crippen MR) is 122 cm³/mol.